The SMILES string of the molecule is C=CCOc1ccc(CNc2ccc(OC)c(C)c2)cc1. The van der Waals surface area contributed by atoms with Gasteiger partial charge in [-0.3, -0.25) is 0 Å². The van der Waals surface area contributed by atoms with E-state index >= 15 is 0 Å². The Morgan fingerprint density at radius 2 is 1.90 bits per heavy atom. The summed E-state index contributed by atoms with van der Waals surface area (Å²) in [6.07, 6.45) is 1.74. The molecule has 3 nitrogen and oxygen atoms in total. The Balaban J connectivity index is 1.93. The van der Waals surface area contributed by atoms with Crippen LogP contribution >= 0.6 is 0 Å². The van der Waals surface area contributed by atoms with Crippen molar-refractivity contribution in [3.63, 3.8) is 0 Å². The van der Waals surface area contributed by atoms with Crippen LogP contribution in [-0.4, -0.2) is 13.7 Å². The van der Waals surface area contributed by atoms with Crippen LogP contribution in [0.3, 0.4) is 0 Å². The fourth-order valence-electron chi connectivity index (χ4n) is 2.05. The van der Waals surface area contributed by atoms with E-state index in [1.807, 2.05) is 31.2 Å². The van der Waals surface area contributed by atoms with Crippen LogP contribution in [0.5, 0.6) is 11.5 Å². The number of hydrogen-bond donors (Lipinski definition) is 1. The zero-order valence-electron chi connectivity index (χ0n) is 12.6. The van der Waals surface area contributed by atoms with Gasteiger partial charge in [0.2, 0.25) is 0 Å². The lowest BCUT2D eigenvalue weighted by molar-refractivity contribution is 0.363. The van der Waals surface area contributed by atoms with Gasteiger partial charge in [-0.15, -0.1) is 0 Å². The van der Waals surface area contributed by atoms with Crippen molar-refractivity contribution in [1.29, 1.82) is 0 Å². The third-order valence-electron chi connectivity index (χ3n) is 3.18. The number of benzene rings is 2. The highest BCUT2D eigenvalue weighted by Gasteiger charge is 2.00. The number of aryl methyl sites for hydroxylation is 1. The molecule has 2 aromatic carbocycles. The molecule has 0 fully saturated rings. The average molecular weight is 283 g/mol. The third-order valence-corrected chi connectivity index (χ3v) is 3.18. The molecule has 0 saturated heterocycles. The van der Waals surface area contributed by atoms with E-state index in [9.17, 15) is 0 Å². The van der Waals surface area contributed by atoms with E-state index in [4.69, 9.17) is 9.47 Å². The first-order chi connectivity index (χ1) is 10.2. The second-order valence-electron chi connectivity index (χ2n) is 4.78. The molecule has 21 heavy (non-hydrogen) atoms. The first-order valence-corrected chi connectivity index (χ1v) is 6.94. The van der Waals surface area contributed by atoms with Crippen LogP contribution in [-0.2, 0) is 6.54 Å². The molecule has 2 rings (SSSR count). The normalized spacial score (nSPS) is 10.0. The molecule has 0 aromatic heterocycles. The molecular weight excluding hydrogens is 262 g/mol. The van der Waals surface area contributed by atoms with Gasteiger partial charge in [-0.1, -0.05) is 24.8 Å². The predicted molar refractivity (Wildman–Crippen MR) is 87.2 cm³/mol. The second-order valence-corrected chi connectivity index (χ2v) is 4.78. The lowest BCUT2D eigenvalue weighted by Gasteiger charge is -2.10. The Morgan fingerprint density at radius 3 is 2.52 bits per heavy atom. The fourth-order valence-corrected chi connectivity index (χ4v) is 2.05. The van der Waals surface area contributed by atoms with E-state index in [1.54, 1.807) is 13.2 Å². The lowest BCUT2D eigenvalue weighted by atomic mass is 10.2. The van der Waals surface area contributed by atoms with Crippen LogP contribution in [0.2, 0.25) is 0 Å². The molecule has 3 heteroatoms. The van der Waals surface area contributed by atoms with Gasteiger partial charge in [0.25, 0.3) is 0 Å². The molecule has 0 saturated carbocycles. The molecule has 0 atom stereocenters. The Kier molecular flexibility index (Phi) is 5.27. The molecule has 0 bridgehead atoms. The lowest BCUT2D eigenvalue weighted by Crippen LogP contribution is -2.00. The van der Waals surface area contributed by atoms with Gasteiger partial charge in [-0.25, -0.2) is 0 Å². The molecular formula is C18H21NO2. The highest BCUT2D eigenvalue weighted by Crippen LogP contribution is 2.22. The van der Waals surface area contributed by atoms with Gasteiger partial charge in [-0.2, -0.15) is 0 Å². The van der Waals surface area contributed by atoms with Crippen molar-refractivity contribution in [2.24, 2.45) is 0 Å². The molecule has 0 radical (unpaired) electrons. The van der Waals surface area contributed by atoms with Gasteiger partial charge in [0.15, 0.2) is 0 Å². The van der Waals surface area contributed by atoms with Crippen LogP contribution in [0.4, 0.5) is 5.69 Å². The van der Waals surface area contributed by atoms with Gasteiger partial charge >= 0.3 is 0 Å². The van der Waals surface area contributed by atoms with E-state index in [2.05, 4.69) is 30.1 Å². The summed E-state index contributed by atoms with van der Waals surface area (Å²) in [6, 6.07) is 14.1. The summed E-state index contributed by atoms with van der Waals surface area (Å²) in [6.45, 7) is 6.97. The van der Waals surface area contributed by atoms with Crippen molar-refractivity contribution in [1.82, 2.24) is 0 Å². The minimum absolute atomic E-state index is 0.530. The van der Waals surface area contributed by atoms with Crippen LogP contribution in [0.1, 0.15) is 11.1 Å². The molecule has 0 aliphatic rings. The van der Waals surface area contributed by atoms with Crippen molar-refractivity contribution in [3.8, 4) is 11.5 Å². The topological polar surface area (TPSA) is 30.5 Å². The van der Waals surface area contributed by atoms with Gasteiger partial charge in [-0.05, 0) is 48.4 Å². The summed E-state index contributed by atoms with van der Waals surface area (Å²) >= 11 is 0. The van der Waals surface area contributed by atoms with Crippen molar-refractivity contribution in [3.05, 3.63) is 66.2 Å². The summed E-state index contributed by atoms with van der Waals surface area (Å²) in [5.74, 6) is 1.77. The van der Waals surface area contributed by atoms with Crippen molar-refractivity contribution in [2.75, 3.05) is 19.0 Å². The smallest absolute Gasteiger partial charge is 0.121 e. The standard InChI is InChI=1S/C18H21NO2/c1-4-11-21-17-8-5-15(6-9-17)13-19-16-7-10-18(20-3)14(2)12-16/h4-10,12,19H,1,11,13H2,2-3H3. The highest BCUT2D eigenvalue weighted by molar-refractivity contribution is 5.51. The number of nitrogens with one attached hydrogen (secondary N) is 1. The van der Waals surface area contributed by atoms with Crippen molar-refractivity contribution < 1.29 is 9.47 Å². The Bertz CT molecular complexity index is 591. The average Bonchev–Trinajstić information content (AvgIpc) is 2.52. The zero-order chi connectivity index (χ0) is 15.1. The summed E-state index contributed by atoms with van der Waals surface area (Å²) in [5.41, 5.74) is 3.41. The first-order valence-electron chi connectivity index (χ1n) is 6.94. The molecule has 0 amide bonds. The van der Waals surface area contributed by atoms with Crippen LogP contribution in [0, 0.1) is 6.92 Å². The first kappa shape index (κ1) is 15.0. The fraction of sp³-hybridized carbons (Fsp3) is 0.222. The van der Waals surface area contributed by atoms with Crippen molar-refractivity contribution >= 4 is 5.69 Å². The maximum Gasteiger partial charge on any atom is 0.121 e. The molecule has 0 aliphatic heterocycles. The number of rotatable bonds is 7. The van der Waals surface area contributed by atoms with Gasteiger partial charge in [0.1, 0.15) is 18.1 Å². The van der Waals surface area contributed by atoms with E-state index < -0.39 is 0 Å². The predicted octanol–water partition coefficient (Wildman–Crippen LogP) is 4.18. The molecule has 0 spiro atoms. The van der Waals surface area contributed by atoms with Gasteiger partial charge < -0.3 is 14.8 Å². The Labute approximate surface area is 126 Å². The highest BCUT2D eigenvalue weighted by atomic mass is 16.5. The third kappa shape index (κ3) is 4.28. The maximum atomic E-state index is 5.46. The monoisotopic (exact) mass is 283 g/mol. The number of anilines is 1. The molecule has 1 N–H and O–H groups in total. The minimum atomic E-state index is 0.530. The number of hydrogen-bond acceptors (Lipinski definition) is 3. The van der Waals surface area contributed by atoms with Crippen LogP contribution in [0.25, 0.3) is 0 Å². The van der Waals surface area contributed by atoms with Gasteiger partial charge in [0, 0.05) is 12.2 Å². The van der Waals surface area contributed by atoms with E-state index in [1.165, 1.54) is 5.56 Å². The summed E-state index contributed by atoms with van der Waals surface area (Å²) in [4.78, 5) is 0. The Hall–Kier alpha value is -2.42. The number of methoxy groups -OCH3 is 1. The molecule has 0 aliphatic carbocycles. The van der Waals surface area contributed by atoms with E-state index in [0.29, 0.717) is 6.61 Å². The number of ether oxygens (including phenoxy) is 2. The quantitative estimate of drug-likeness (QED) is 0.773. The zero-order valence-corrected chi connectivity index (χ0v) is 12.6. The van der Waals surface area contributed by atoms with Crippen LogP contribution in [0.15, 0.2) is 55.1 Å². The van der Waals surface area contributed by atoms with Crippen LogP contribution < -0.4 is 14.8 Å². The maximum absolute atomic E-state index is 5.46. The van der Waals surface area contributed by atoms with Crippen molar-refractivity contribution in [2.45, 2.75) is 13.5 Å². The Morgan fingerprint density at radius 1 is 1.14 bits per heavy atom. The second kappa shape index (κ2) is 7.39. The van der Waals surface area contributed by atoms with E-state index in [-0.39, 0.29) is 0 Å². The molecule has 110 valence electrons. The largest absolute Gasteiger partial charge is 0.496 e. The molecule has 0 heterocycles. The van der Waals surface area contributed by atoms with Gasteiger partial charge in [0.05, 0.1) is 7.11 Å². The summed E-state index contributed by atoms with van der Waals surface area (Å²) in [5, 5.41) is 3.40. The van der Waals surface area contributed by atoms with E-state index in [0.717, 1.165) is 29.3 Å². The summed E-state index contributed by atoms with van der Waals surface area (Å²) in [7, 11) is 1.69. The molecule has 0 unspecified atom stereocenters. The summed E-state index contributed by atoms with van der Waals surface area (Å²) < 4.78 is 10.7. The minimum Gasteiger partial charge on any atom is -0.496 e. The molecule has 2 aromatic rings.